The minimum Gasteiger partial charge on any atom is -0.228 e. The van der Waals surface area contributed by atoms with Crippen molar-refractivity contribution in [3.05, 3.63) is 120 Å². The summed E-state index contributed by atoms with van der Waals surface area (Å²) in [5.74, 6) is 0.725. The highest BCUT2D eigenvalue weighted by atomic mass is 79.9. The molecule has 0 atom stereocenters. The highest BCUT2D eigenvalue weighted by molar-refractivity contribution is 9.10. The molecule has 0 fully saturated rings. The third-order valence-corrected chi connectivity index (χ3v) is 6.80. The summed E-state index contributed by atoms with van der Waals surface area (Å²) < 4.78 is 1.11. The van der Waals surface area contributed by atoms with E-state index in [0.717, 1.165) is 38.4 Å². The molecule has 6 aromatic rings. The van der Waals surface area contributed by atoms with Gasteiger partial charge < -0.3 is 0 Å². The molecule has 0 unspecified atom stereocenters. The molecule has 0 aliphatic heterocycles. The van der Waals surface area contributed by atoms with E-state index in [2.05, 4.69) is 94.8 Å². The first-order chi connectivity index (χ1) is 16.3. The van der Waals surface area contributed by atoms with Crippen LogP contribution in [0, 0.1) is 0 Å². The maximum absolute atomic E-state index is 5.10. The smallest absolute Gasteiger partial charge is 0.160 e. The monoisotopic (exact) mass is 486 g/mol. The minimum atomic E-state index is 0.725. The van der Waals surface area contributed by atoms with Crippen LogP contribution in [0.5, 0.6) is 0 Å². The summed E-state index contributed by atoms with van der Waals surface area (Å²) in [6.45, 7) is 0. The summed E-state index contributed by atoms with van der Waals surface area (Å²) >= 11 is 3.86. The van der Waals surface area contributed by atoms with E-state index in [0.29, 0.717) is 0 Å². The number of fused-ring (bicyclic) bond motifs is 2. The lowest BCUT2D eigenvalue weighted by molar-refractivity contribution is 1.19. The first-order valence-corrected chi connectivity index (χ1v) is 11.7. The van der Waals surface area contributed by atoms with E-state index in [1.807, 2.05) is 36.4 Å². The Kier molecular flexibility index (Phi) is 4.97. The van der Waals surface area contributed by atoms with Crippen LogP contribution >= 0.6 is 15.9 Å². The van der Waals surface area contributed by atoms with E-state index in [9.17, 15) is 0 Å². The van der Waals surface area contributed by atoms with Crippen molar-refractivity contribution in [2.45, 2.75) is 0 Å². The van der Waals surface area contributed by atoms with E-state index in [1.54, 1.807) is 0 Å². The van der Waals surface area contributed by atoms with Gasteiger partial charge in [0.2, 0.25) is 0 Å². The molecule has 6 rings (SSSR count). The Bertz CT molecular complexity index is 1490. The predicted molar refractivity (Wildman–Crippen MR) is 141 cm³/mol. The van der Waals surface area contributed by atoms with E-state index in [1.165, 1.54) is 21.5 Å². The van der Waals surface area contributed by atoms with Gasteiger partial charge in [0.15, 0.2) is 5.82 Å². The lowest BCUT2D eigenvalue weighted by atomic mass is 9.94. The van der Waals surface area contributed by atoms with E-state index < -0.39 is 0 Å². The third kappa shape index (κ3) is 3.51. The number of hydrogen-bond donors (Lipinski definition) is 0. The van der Waals surface area contributed by atoms with Crippen LogP contribution in [0.15, 0.2) is 120 Å². The SMILES string of the molecule is Brc1c2ccccc2c(-c2cc(-c3ccccc3)nc(-c3ccccc3)n2)c2ccccc12. The second-order valence-corrected chi connectivity index (χ2v) is 8.77. The van der Waals surface area contributed by atoms with Gasteiger partial charge in [0.25, 0.3) is 0 Å². The molecule has 0 radical (unpaired) electrons. The van der Waals surface area contributed by atoms with Gasteiger partial charge >= 0.3 is 0 Å². The van der Waals surface area contributed by atoms with Crippen LogP contribution in [0.25, 0.3) is 55.4 Å². The molecule has 1 aromatic heterocycles. The maximum atomic E-state index is 5.10. The van der Waals surface area contributed by atoms with Gasteiger partial charge in [-0.05, 0) is 43.5 Å². The van der Waals surface area contributed by atoms with E-state index in [4.69, 9.17) is 9.97 Å². The number of halogens is 1. The molecule has 0 aliphatic rings. The Hall–Kier alpha value is -3.82. The maximum Gasteiger partial charge on any atom is 0.160 e. The number of hydrogen-bond acceptors (Lipinski definition) is 2. The fourth-order valence-corrected chi connectivity index (χ4v) is 5.09. The summed E-state index contributed by atoms with van der Waals surface area (Å²) in [6.07, 6.45) is 0. The average molecular weight is 487 g/mol. The van der Waals surface area contributed by atoms with Crippen LogP contribution in [0.1, 0.15) is 0 Å². The van der Waals surface area contributed by atoms with Gasteiger partial charge in [0.1, 0.15) is 0 Å². The Labute approximate surface area is 200 Å². The molecule has 33 heavy (non-hydrogen) atoms. The van der Waals surface area contributed by atoms with Gasteiger partial charge in [0, 0.05) is 21.2 Å². The third-order valence-electron chi connectivity index (χ3n) is 5.95. The van der Waals surface area contributed by atoms with Crippen LogP contribution in [0.2, 0.25) is 0 Å². The van der Waals surface area contributed by atoms with Crippen molar-refractivity contribution >= 4 is 37.5 Å². The van der Waals surface area contributed by atoms with Crippen molar-refractivity contribution in [1.29, 1.82) is 0 Å². The van der Waals surface area contributed by atoms with Gasteiger partial charge in [-0.2, -0.15) is 0 Å². The Balaban J connectivity index is 1.73. The molecule has 0 aliphatic carbocycles. The average Bonchev–Trinajstić information content (AvgIpc) is 2.90. The van der Waals surface area contributed by atoms with Gasteiger partial charge in [-0.15, -0.1) is 0 Å². The fourth-order valence-electron chi connectivity index (χ4n) is 4.40. The molecule has 1 heterocycles. The van der Waals surface area contributed by atoms with Crippen molar-refractivity contribution in [1.82, 2.24) is 9.97 Å². The number of nitrogens with zero attached hydrogens (tertiary/aromatic N) is 2. The predicted octanol–water partition coefficient (Wildman–Crippen LogP) is 8.55. The molecule has 3 heteroatoms. The summed E-state index contributed by atoms with van der Waals surface area (Å²) in [5, 5.41) is 4.68. The van der Waals surface area contributed by atoms with Gasteiger partial charge in [-0.1, -0.05) is 109 Å². The lowest BCUT2D eigenvalue weighted by Crippen LogP contribution is -1.97. The molecule has 2 nitrogen and oxygen atoms in total. The van der Waals surface area contributed by atoms with Crippen LogP contribution < -0.4 is 0 Å². The summed E-state index contributed by atoms with van der Waals surface area (Å²) in [6, 6.07) is 39.6. The Morgan fingerprint density at radius 1 is 0.455 bits per heavy atom. The molecular weight excluding hydrogens is 468 g/mol. The molecule has 0 saturated carbocycles. The van der Waals surface area contributed by atoms with Crippen molar-refractivity contribution in [3.8, 4) is 33.9 Å². The van der Waals surface area contributed by atoms with Crippen molar-refractivity contribution < 1.29 is 0 Å². The molecule has 0 saturated heterocycles. The molecular formula is C30H19BrN2. The van der Waals surface area contributed by atoms with Crippen molar-refractivity contribution in [3.63, 3.8) is 0 Å². The zero-order chi connectivity index (χ0) is 22.2. The largest absolute Gasteiger partial charge is 0.228 e. The second-order valence-electron chi connectivity index (χ2n) is 7.97. The summed E-state index contributed by atoms with van der Waals surface area (Å²) in [4.78, 5) is 10.1. The van der Waals surface area contributed by atoms with Gasteiger partial charge in [-0.25, -0.2) is 9.97 Å². The van der Waals surface area contributed by atoms with Crippen molar-refractivity contribution in [2.75, 3.05) is 0 Å². The highest BCUT2D eigenvalue weighted by Gasteiger charge is 2.17. The van der Waals surface area contributed by atoms with E-state index in [-0.39, 0.29) is 0 Å². The van der Waals surface area contributed by atoms with E-state index >= 15 is 0 Å². The molecule has 0 spiro atoms. The summed E-state index contributed by atoms with van der Waals surface area (Å²) in [7, 11) is 0. The number of benzene rings is 5. The Morgan fingerprint density at radius 3 is 1.48 bits per heavy atom. The molecule has 0 N–H and O–H groups in total. The number of aromatic nitrogens is 2. The van der Waals surface area contributed by atoms with Crippen LogP contribution in [0.4, 0.5) is 0 Å². The molecule has 5 aromatic carbocycles. The molecule has 0 bridgehead atoms. The van der Waals surface area contributed by atoms with Gasteiger partial charge in [0.05, 0.1) is 11.4 Å². The standard InChI is InChI=1S/C30H19BrN2/c31-29-24-17-9-7-15-22(24)28(23-16-8-10-18-25(23)29)27-19-26(20-11-3-1-4-12-20)32-30(33-27)21-13-5-2-6-14-21/h1-19H. The first kappa shape index (κ1) is 19.8. The van der Waals surface area contributed by atoms with Crippen molar-refractivity contribution in [2.24, 2.45) is 0 Å². The van der Waals surface area contributed by atoms with Crippen LogP contribution in [-0.2, 0) is 0 Å². The molecule has 0 amide bonds. The first-order valence-electron chi connectivity index (χ1n) is 10.9. The number of rotatable bonds is 3. The minimum absolute atomic E-state index is 0.725. The van der Waals surface area contributed by atoms with Gasteiger partial charge in [-0.3, -0.25) is 0 Å². The quantitative estimate of drug-likeness (QED) is 0.234. The fraction of sp³-hybridized carbons (Fsp3) is 0. The lowest BCUT2D eigenvalue weighted by Gasteiger charge is -2.15. The highest BCUT2D eigenvalue weighted by Crippen LogP contribution is 2.41. The van der Waals surface area contributed by atoms with Crippen LogP contribution in [-0.4, -0.2) is 9.97 Å². The Morgan fingerprint density at radius 2 is 0.909 bits per heavy atom. The normalized spacial score (nSPS) is 11.2. The van der Waals surface area contributed by atoms with Crippen LogP contribution in [0.3, 0.4) is 0 Å². The summed E-state index contributed by atoms with van der Waals surface area (Å²) in [5.41, 5.74) is 5.03. The second kappa shape index (κ2) is 8.27. The molecule has 156 valence electrons. The zero-order valence-electron chi connectivity index (χ0n) is 17.7. The topological polar surface area (TPSA) is 25.8 Å². The zero-order valence-corrected chi connectivity index (χ0v) is 19.3.